The Morgan fingerprint density at radius 2 is 1.93 bits per heavy atom. The van der Waals surface area contributed by atoms with Crippen LogP contribution in [-0.2, 0) is 4.79 Å². The summed E-state index contributed by atoms with van der Waals surface area (Å²) in [5.41, 5.74) is 1.34. The third kappa shape index (κ3) is 1.85. The molecule has 4 heteroatoms. The van der Waals surface area contributed by atoms with Gasteiger partial charge in [-0.05, 0) is 36.6 Å². The summed E-state index contributed by atoms with van der Waals surface area (Å²) in [6.07, 6.45) is -1.58. The van der Waals surface area contributed by atoms with Crippen molar-refractivity contribution in [3.05, 3.63) is 28.8 Å². The van der Waals surface area contributed by atoms with Crippen LogP contribution in [-0.4, -0.2) is 21.3 Å². The number of aliphatic carboxylic acids is 1. The van der Waals surface area contributed by atoms with E-state index in [2.05, 4.69) is 0 Å². The number of hydrogen-bond acceptors (Lipinski definition) is 3. The van der Waals surface area contributed by atoms with E-state index >= 15 is 0 Å². The summed E-state index contributed by atoms with van der Waals surface area (Å²) >= 11 is 0. The highest BCUT2D eigenvalue weighted by Gasteiger charge is 2.19. The van der Waals surface area contributed by atoms with Crippen molar-refractivity contribution in [2.75, 3.05) is 0 Å². The highest BCUT2D eigenvalue weighted by Crippen LogP contribution is 2.27. The number of hydrogen-bond donors (Lipinski definition) is 3. The van der Waals surface area contributed by atoms with E-state index in [1.165, 1.54) is 6.07 Å². The maximum absolute atomic E-state index is 10.5. The number of phenolic OH excluding ortho intramolecular Hbond substituents is 1. The molecule has 0 saturated heterocycles. The molecule has 0 heterocycles. The van der Waals surface area contributed by atoms with Gasteiger partial charge in [-0.1, -0.05) is 6.07 Å². The van der Waals surface area contributed by atoms with Crippen LogP contribution in [0, 0.1) is 13.8 Å². The van der Waals surface area contributed by atoms with Crippen molar-refractivity contribution in [1.29, 1.82) is 0 Å². The van der Waals surface area contributed by atoms with Gasteiger partial charge in [-0.15, -0.1) is 0 Å². The Hall–Kier alpha value is -1.55. The second-order valence-corrected chi connectivity index (χ2v) is 3.24. The van der Waals surface area contributed by atoms with Gasteiger partial charge in [-0.3, -0.25) is 0 Å². The third-order valence-corrected chi connectivity index (χ3v) is 2.09. The van der Waals surface area contributed by atoms with Gasteiger partial charge < -0.3 is 15.3 Å². The lowest BCUT2D eigenvalue weighted by molar-refractivity contribution is -0.147. The quantitative estimate of drug-likeness (QED) is 0.662. The molecule has 76 valence electrons. The van der Waals surface area contributed by atoms with Gasteiger partial charge in [0.15, 0.2) is 6.10 Å². The predicted octanol–water partition coefficient (Wildman–Crippen LogP) is 1.13. The Kier molecular flexibility index (Phi) is 2.76. The topological polar surface area (TPSA) is 77.8 Å². The number of aliphatic hydroxyl groups excluding tert-OH is 1. The molecule has 1 atom stereocenters. The van der Waals surface area contributed by atoms with Crippen molar-refractivity contribution < 1.29 is 20.1 Å². The van der Waals surface area contributed by atoms with Gasteiger partial charge in [0, 0.05) is 0 Å². The van der Waals surface area contributed by atoms with Crippen LogP contribution in [0.15, 0.2) is 12.1 Å². The largest absolute Gasteiger partial charge is 0.508 e. The fraction of sp³-hybridized carbons (Fsp3) is 0.300. The monoisotopic (exact) mass is 196 g/mol. The van der Waals surface area contributed by atoms with E-state index in [9.17, 15) is 15.0 Å². The zero-order valence-corrected chi connectivity index (χ0v) is 7.98. The molecular formula is C10H12O4. The van der Waals surface area contributed by atoms with Crippen LogP contribution in [0.5, 0.6) is 5.75 Å². The fourth-order valence-corrected chi connectivity index (χ4v) is 1.28. The van der Waals surface area contributed by atoms with E-state index in [0.29, 0.717) is 11.1 Å². The summed E-state index contributed by atoms with van der Waals surface area (Å²) in [6.45, 7) is 3.29. The lowest BCUT2D eigenvalue weighted by atomic mass is 10.00. The highest BCUT2D eigenvalue weighted by molar-refractivity contribution is 5.75. The molecular weight excluding hydrogens is 184 g/mol. The number of benzene rings is 1. The summed E-state index contributed by atoms with van der Waals surface area (Å²) in [6, 6.07) is 3.07. The normalized spacial score (nSPS) is 12.5. The van der Waals surface area contributed by atoms with Crippen molar-refractivity contribution in [2.24, 2.45) is 0 Å². The molecule has 0 bridgehead atoms. The average Bonchev–Trinajstić information content (AvgIpc) is 2.09. The van der Waals surface area contributed by atoms with E-state index in [1.54, 1.807) is 19.9 Å². The second kappa shape index (κ2) is 3.67. The lowest BCUT2D eigenvalue weighted by Gasteiger charge is -2.11. The van der Waals surface area contributed by atoms with Gasteiger partial charge in [-0.2, -0.15) is 0 Å². The Morgan fingerprint density at radius 1 is 1.36 bits per heavy atom. The molecule has 14 heavy (non-hydrogen) atoms. The van der Waals surface area contributed by atoms with Crippen molar-refractivity contribution >= 4 is 5.97 Å². The molecule has 4 nitrogen and oxygen atoms in total. The molecule has 1 aromatic rings. The Bertz CT molecular complexity index is 371. The minimum absolute atomic E-state index is 0.000278. The SMILES string of the molecule is Cc1cc(O)c(C)c(C(O)C(=O)O)c1. The first-order chi connectivity index (χ1) is 6.43. The number of aliphatic hydroxyl groups is 1. The molecule has 0 aliphatic carbocycles. The zero-order valence-electron chi connectivity index (χ0n) is 7.98. The summed E-state index contributed by atoms with van der Waals surface area (Å²) in [5.74, 6) is -1.32. The number of carbonyl (C=O) groups is 1. The van der Waals surface area contributed by atoms with E-state index in [-0.39, 0.29) is 11.3 Å². The fourth-order valence-electron chi connectivity index (χ4n) is 1.28. The van der Waals surface area contributed by atoms with Crippen molar-refractivity contribution in [3.63, 3.8) is 0 Å². The molecule has 0 radical (unpaired) electrons. The van der Waals surface area contributed by atoms with Crippen molar-refractivity contribution in [2.45, 2.75) is 20.0 Å². The number of carboxylic acid groups (broad SMARTS) is 1. The summed E-state index contributed by atoms with van der Waals surface area (Å²) in [7, 11) is 0. The molecule has 0 fully saturated rings. The minimum Gasteiger partial charge on any atom is -0.508 e. The molecule has 1 unspecified atom stereocenters. The van der Waals surface area contributed by atoms with Crippen LogP contribution in [0.2, 0.25) is 0 Å². The van der Waals surface area contributed by atoms with Crippen LogP contribution in [0.1, 0.15) is 22.8 Å². The number of carboxylic acids is 1. The molecule has 0 aromatic heterocycles. The third-order valence-electron chi connectivity index (χ3n) is 2.09. The van der Waals surface area contributed by atoms with Crippen LogP contribution in [0.25, 0.3) is 0 Å². The number of rotatable bonds is 2. The van der Waals surface area contributed by atoms with E-state index in [0.717, 1.165) is 0 Å². The van der Waals surface area contributed by atoms with Crippen molar-refractivity contribution in [3.8, 4) is 5.75 Å². The predicted molar refractivity (Wildman–Crippen MR) is 50.2 cm³/mol. The minimum atomic E-state index is -1.58. The van der Waals surface area contributed by atoms with Gasteiger partial charge in [0.1, 0.15) is 5.75 Å². The Morgan fingerprint density at radius 3 is 2.43 bits per heavy atom. The van der Waals surface area contributed by atoms with Gasteiger partial charge in [-0.25, -0.2) is 4.79 Å². The standard InChI is InChI=1S/C10H12O4/c1-5-3-7(9(12)10(13)14)6(2)8(11)4-5/h3-4,9,11-12H,1-2H3,(H,13,14). The first-order valence-electron chi connectivity index (χ1n) is 4.14. The van der Waals surface area contributed by atoms with Crippen LogP contribution in [0.3, 0.4) is 0 Å². The highest BCUT2D eigenvalue weighted by atomic mass is 16.4. The first kappa shape index (κ1) is 10.5. The number of phenols is 1. The van der Waals surface area contributed by atoms with Gasteiger partial charge in [0.2, 0.25) is 0 Å². The number of aryl methyl sites for hydroxylation is 1. The van der Waals surface area contributed by atoms with Crippen LogP contribution >= 0.6 is 0 Å². The lowest BCUT2D eigenvalue weighted by Crippen LogP contribution is -2.12. The van der Waals surface area contributed by atoms with Crippen molar-refractivity contribution in [1.82, 2.24) is 0 Å². The van der Waals surface area contributed by atoms with E-state index in [1.807, 2.05) is 0 Å². The molecule has 0 amide bonds. The molecule has 0 aliphatic heterocycles. The van der Waals surface area contributed by atoms with Crippen LogP contribution in [0.4, 0.5) is 0 Å². The summed E-state index contributed by atoms with van der Waals surface area (Å²) < 4.78 is 0. The molecule has 0 spiro atoms. The molecule has 1 rings (SSSR count). The average molecular weight is 196 g/mol. The molecule has 0 aliphatic rings. The second-order valence-electron chi connectivity index (χ2n) is 3.24. The van der Waals surface area contributed by atoms with E-state index in [4.69, 9.17) is 5.11 Å². The molecule has 3 N–H and O–H groups in total. The van der Waals surface area contributed by atoms with Gasteiger partial charge in [0.25, 0.3) is 0 Å². The Labute approximate surface area is 81.4 Å². The molecule has 0 saturated carbocycles. The maximum Gasteiger partial charge on any atom is 0.337 e. The summed E-state index contributed by atoms with van der Waals surface area (Å²) in [4.78, 5) is 10.5. The number of aromatic hydroxyl groups is 1. The Balaban J connectivity index is 3.26. The maximum atomic E-state index is 10.5. The smallest absolute Gasteiger partial charge is 0.337 e. The van der Waals surface area contributed by atoms with E-state index < -0.39 is 12.1 Å². The summed E-state index contributed by atoms with van der Waals surface area (Å²) in [5, 5.41) is 27.3. The first-order valence-corrected chi connectivity index (χ1v) is 4.14. The zero-order chi connectivity index (χ0) is 10.9. The van der Waals surface area contributed by atoms with Gasteiger partial charge in [0.05, 0.1) is 0 Å². The van der Waals surface area contributed by atoms with Gasteiger partial charge >= 0.3 is 5.97 Å². The van der Waals surface area contributed by atoms with Crippen LogP contribution < -0.4 is 0 Å². The molecule has 1 aromatic carbocycles.